The molecule has 0 spiro atoms. The molecule has 1 fully saturated rings. The van der Waals surface area contributed by atoms with Crippen molar-refractivity contribution in [2.45, 2.75) is 50.5 Å². The van der Waals surface area contributed by atoms with E-state index in [-0.39, 0.29) is 6.04 Å². The second-order valence-corrected chi connectivity index (χ2v) is 6.87. The van der Waals surface area contributed by atoms with E-state index in [2.05, 4.69) is 15.1 Å². The Morgan fingerprint density at radius 2 is 2.15 bits per heavy atom. The van der Waals surface area contributed by atoms with E-state index in [9.17, 15) is 8.42 Å². The number of piperidine rings is 1. The van der Waals surface area contributed by atoms with Gasteiger partial charge in [0, 0.05) is 19.6 Å². The van der Waals surface area contributed by atoms with Gasteiger partial charge in [0.25, 0.3) is 0 Å². The highest BCUT2D eigenvalue weighted by molar-refractivity contribution is 7.89. The molecule has 1 aromatic heterocycles. The Morgan fingerprint density at radius 1 is 1.40 bits per heavy atom. The first-order valence-electron chi connectivity index (χ1n) is 7.27. The minimum Gasteiger partial charge on any atom is -0.315 e. The van der Waals surface area contributed by atoms with Crippen LogP contribution in [0.5, 0.6) is 0 Å². The lowest BCUT2D eigenvalue weighted by Crippen LogP contribution is -2.45. The monoisotopic (exact) mass is 300 g/mol. The summed E-state index contributed by atoms with van der Waals surface area (Å²) in [5, 5.41) is 7.56. The summed E-state index contributed by atoms with van der Waals surface area (Å²) in [6, 6.07) is -0.0247. The van der Waals surface area contributed by atoms with E-state index in [4.69, 9.17) is 0 Å². The number of sulfonamides is 1. The summed E-state index contributed by atoms with van der Waals surface area (Å²) in [6.45, 7) is 5.55. The molecule has 1 atom stereocenters. The lowest BCUT2D eigenvalue weighted by molar-refractivity contribution is 0.428. The van der Waals surface area contributed by atoms with Crippen LogP contribution in [0.25, 0.3) is 0 Å². The number of aryl methyl sites for hydroxylation is 2. The number of hydrogen-bond donors (Lipinski definition) is 2. The van der Waals surface area contributed by atoms with Crippen molar-refractivity contribution in [1.29, 1.82) is 0 Å². The van der Waals surface area contributed by atoms with Crippen LogP contribution in [-0.4, -0.2) is 37.3 Å². The average Bonchev–Trinajstić information content (AvgIpc) is 2.76. The van der Waals surface area contributed by atoms with E-state index < -0.39 is 10.0 Å². The lowest BCUT2D eigenvalue weighted by Gasteiger charge is -2.23. The first-order chi connectivity index (χ1) is 9.49. The molecule has 0 aromatic carbocycles. The summed E-state index contributed by atoms with van der Waals surface area (Å²) >= 11 is 0. The van der Waals surface area contributed by atoms with Gasteiger partial charge >= 0.3 is 0 Å². The third-order valence-corrected chi connectivity index (χ3v) is 5.40. The van der Waals surface area contributed by atoms with Gasteiger partial charge in [-0.25, -0.2) is 13.1 Å². The predicted octanol–water partition coefficient (Wildman–Crippen LogP) is 0.575. The highest BCUT2D eigenvalue weighted by atomic mass is 32.2. The normalized spacial score (nSPS) is 20.2. The summed E-state index contributed by atoms with van der Waals surface area (Å²) in [7, 11) is -1.69. The number of rotatable bonds is 5. The lowest BCUT2D eigenvalue weighted by atomic mass is 10.1. The Kier molecular flexibility index (Phi) is 4.82. The van der Waals surface area contributed by atoms with E-state index in [0.29, 0.717) is 30.0 Å². The first-order valence-corrected chi connectivity index (χ1v) is 8.75. The molecule has 7 heteroatoms. The molecule has 1 saturated heterocycles. The van der Waals surface area contributed by atoms with Gasteiger partial charge in [-0.3, -0.25) is 4.68 Å². The van der Waals surface area contributed by atoms with Gasteiger partial charge in [0.1, 0.15) is 4.90 Å². The first kappa shape index (κ1) is 15.5. The SMILES string of the molecule is CCc1nn(C)c(CC)c1S(=O)(=O)N[C@@H]1CCCNC1. The number of nitrogens with zero attached hydrogens (tertiary/aromatic N) is 2. The molecule has 0 aliphatic carbocycles. The molecule has 6 nitrogen and oxygen atoms in total. The number of hydrogen-bond acceptors (Lipinski definition) is 4. The summed E-state index contributed by atoms with van der Waals surface area (Å²) in [6.07, 6.45) is 3.16. The molecule has 2 N–H and O–H groups in total. The van der Waals surface area contributed by atoms with Crippen LogP contribution >= 0.6 is 0 Å². The quantitative estimate of drug-likeness (QED) is 0.834. The van der Waals surface area contributed by atoms with Gasteiger partial charge in [0.2, 0.25) is 10.0 Å². The summed E-state index contributed by atoms with van der Waals surface area (Å²) in [4.78, 5) is 0.385. The van der Waals surface area contributed by atoms with Gasteiger partial charge in [0.05, 0.1) is 11.4 Å². The molecule has 2 heterocycles. The number of nitrogens with one attached hydrogen (secondary N) is 2. The van der Waals surface area contributed by atoms with Crippen molar-refractivity contribution >= 4 is 10.0 Å². The van der Waals surface area contributed by atoms with Crippen molar-refractivity contribution in [2.75, 3.05) is 13.1 Å². The van der Waals surface area contributed by atoms with Crippen LogP contribution in [0.4, 0.5) is 0 Å². The van der Waals surface area contributed by atoms with Gasteiger partial charge < -0.3 is 5.32 Å². The third kappa shape index (κ3) is 3.05. The van der Waals surface area contributed by atoms with Gasteiger partial charge in [-0.2, -0.15) is 5.10 Å². The summed E-state index contributed by atoms with van der Waals surface area (Å²) < 4.78 is 29.9. The van der Waals surface area contributed by atoms with Crippen molar-refractivity contribution in [3.63, 3.8) is 0 Å². The second-order valence-electron chi connectivity index (χ2n) is 5.22. The molecule has 1 aliphatic rings. The molecule has 1 aliphatic heterocycles. The van der Waals surface area contributed by atoms with Crippen LogP contribution in [0.15, 0.2) is 4.90 Å². The van der Waals surface area contributed by atoms with Crippen LogP contribution < -0.4 is 10.0 Å². The molecule has 1 aromatic rings. The zero-order valence-electron chi connectivity index (χ0n) is 12.4. The fourth-order valence-corrected chi connectivity index (χ4v) is 4.60. The highest BCUT2D eigenvalue weighted by Crippen LogP contribution is 2.22. The van der Waals surface area contributed by atoms with Crippen molar-refractivity contribution in [1.82, 2.24) is 19.8 Å². The van der Waals surface area contributed by atoms with E-state index in [1.54, 1.807) is 11.7 Å². The molecule has 0 bridgehead atoms. The van der Waals surface area contributed by atoms with E-state index in [1.807, 2.05) is 13.8 Å². The van der Waals surface area contributed by atoms with Crippen LogP contribution in [0.2, 0.25) is 0 Å². The summed E-state index contributed by atoms with van der Waals surface area (Å²) in [5.74, 6) is 0. The fourth-order valence-electron chi connectivity index (χ4n) is 2.76. The second kappa shape index (κ2) is 6.24. The van der Waals surface area contributed by atoms with Crippen molar-refractivity contribution in [2.24, 2.45) is 7.05 Å². The fraction of sp³-hybridized carbons (Fsp3) is 0.769. The molecular formula is C13H24N4O2S. The van der Waals surface area contributed by atoms with Crippen molar-refractivity contribution in [3.8, 4) is 0 Å². The maximum absolute atomic E-state index is 12.7. The smallest absolute Gasteiger partial charge is 0.244 e. The van der Waals surface area contributed by atoms with Gasteiger partial charge in [-0.05, 0) is 32.2 Å². The van der Waals surface area contributed by atoms with E-state index >= 15 is 0 Å². The zero-order chi connectivity index (χ0) is 14.8. The standard InChI is InChI=1S/C13H24N4O2S/c1-4-11-13(12(5-2)17(3)15-11)20(18,19)16-10-7-6-8-14-9-10/h10,14,16H,4-9H2,1-3H3/t10-/m1/s1. The van der Waals surface area contributed by atoms with E-state index in [0.717, 1.165) is 25.1 Å². The molecule has 0 radical (unpaired) electrons. The Morgan fingerprint density at radius 3 is 2.70 bits per heavy atom. The minimum absolute atomic E-state index is 0.0247. The molecule has 0 amide bonds. The minimum atomic E-state index is -3.50. The third-order valence-electron chi connectivity index (χ3n) is 3.74. The zero-order valence-corrected chi connectivity index (χ0v) is 13.3. The Balaban J connectivity index is 2.32. The van der Waals surface area contributed by atoms with Gasteiger partial charge in [-0.1, -0.05) is 13.8 Å². The number of aromatic nitrogens is 2. The molecular weight excluding hydrogens is 276 g/mol. The average molecular weight is 300 g/mol. The molecule has 20 heavy (non-hydrogen) atoms. The van der Waals surface area contributed by atoms with Crippen LogP contribution in [0.3, 0.4) is 0 Å². The van der Waals surface area contributed by atoms with Gasteiger partial charge in [-0.15, -0.1) is 0 Å². The van der Waals surface area contributed by atoms with E-state index in [1.165, 1.54) is 0 Å². The molecule has 2 rings (SSSR count). The summed E-state index contributed by atoms with van der Waals surface area (Å²) in [5.41, 5.74) is 1.43. The van der Waals surface area contributed by atoms with Gasteiger partial charge in [0.15, 0.2) is 0 Å². The van der Waals surface area contributed by atoms with Crippen molar-refractivity contribution < 1.29 is 8.42 Å². The Labute approximate surface area is 121 Å². The topological polar surface area (TPSA) is 76.0 Å². The maximum atomic E-state index is 12.7. The van der Waals surface area contributed by atoms with Crippen LogP contribution in [-0.2, 0) is 29.9 Å². The molecule has 0 saturated carbocycles. The largest absolute Gasteiger partial charge is 0.315 e. The Bertz CT molecular complexity index is 559. The highest BCUT2D eigenvalue weighted by Gasteiger charge is 2.29. The predicted molar refractivity (Wildman–Crippen MR) is 78.2 cm³/mol. The van der Waals surface area contributed by atoms with Crippen LogP contribution in [0, 0.1) is 0 Å². The Hall–Kier alpha value is -0.920. The maximum Gasteiger partial charge on any atom is 0.244 e. The van der Waals surface area contributed by atoms with Crippen LogP contribution in [0.1, 0.15) is 38.1 Å². The molecule has 0 unspecified atom stereocenters. The van der Waals surface area contributed by atoms with Crippen molar-refractivity contribution in [3.05, 3.63) is 11.4 Å². The molecule has 114 valence electrons.